The van der Waals surface area contributed by atoms with Crippen molar-refractivity contribution in [3.63, 3.8) is 0 Å². The topological polar surface area (TPSA) is 26.3 Å². The Bertz CT molecular complexity index is 402. The Morgan fingerprint density at radius 2 is 2.05 bits per heavy atom. The van der Waals surface area contributed by atoms with Crippen molar-refractivity contribution < 1.29 is 9.53 Å². The summed E-state index contributed by atoms with van der Waals surface area (Å²) < 4.78 is 5.61. The molecule has 0 saturated heterocycles. The molecule has 0 spiro atoms. The molecule has 0 amide bonds. The van der Waals surface area contributed by atoms with Gasteiger partial charge in [0.25, 0.3) is 0 Å². The number of carbonyl (C=O) groups is 1. The Morgan fingerprint density at radius 1 is 1.26 bits per heavy atom. The molecule has 0 aliphatic heterocycles. The normalized spacial score (nSPS) is 10.5. The zero-order valence-corrected chi connectivity index (χ0v) is 12.6. The van der Waals surface area contributed by atoms with Crippen molar-refractivity contribution in [2.75, 3.05) is 6.61 Å². The Hall–Kier alpha value is -1.02. The minimum Gasteiger partial charge on any atom is -0.492 e. The van der Waals surface area contributed by atoms with E-state index in [1.807, 2.05) is 18.2 Å². The Labute approximate surface area is 121 Å². The highest BCUT2D eigenvalue weighted by molar-refractivity contribution is 6.32. The summed E-state index contributed by atoms with van der Waals surface area (Å²) in [7, 11) is 0. The van der Waals surface area contributed by atoms with Gasteiger partial charge in [-0.1, -0.05) is 37.1 Å². The van der Waals surface area contributed by atoms with Gasteiger partial charge in [-0.15, -0.1) is 0 Å². The maximum atomic E-state index is 10.8. The zero-order valence-electron chi connectivity index (χ0n) is 11.9. The summed E-state index contributed by atoms with van der Waals surface area (Å²) in [6.07, 6.45) is 5.71. The van der Waals surface area contributed by atoms with Crippen LogP contribution in [0.4, 0.5) is 0 Å². The third-order valence-electron chi connectivity index (χ3n) is 2.98. The van der Waals surface area contributed by atoms with E-state index in [-0.39, 0.29) is 5.78 Å². The lowest BCUT2D eigenvalue weighted by Gasteiger charge is -2.10. The van der Waals surface area contributed by atoms with E-state index in [1.54, 1.807) is 6.92 Å². The highest BCUT2D eigenvalue weighted by Crippen LogP contribution is 2.29. The van der Waals surface area contributed by atoms with Gasteiger partial charge >= 0.3 is 0 Å². The van der Waals surface area contributed by atoms with Crippen molar-refractivity contribution in [1.29, 1.82) is 0 Å². The van der Waals surface area contributed by atoms with Gasteiger partial charge in [0.15, 0.2) is 0 Å². The molecule has 1 aromatic rings. The van der Waals surface area contributed by atoms with Gasteiger partial charge in [-0.05, 0) is 44.2 Å². The van der Waals surface area contributed by atoms with Crippen LogP contribution in [0.25, 0.3) is 0 Å². The fourth-order valence-corrected chi connectivity index (χ4v) is 2.21. The van der Waals surface area contributed by atoms with E-state index >= 15 is 0 Å². The number of hydrogen-bond donors (Lipinski definition) is 0. The molecule has 0 aliphatic carbocycles. The fraction of sp³-hybridized carbons (Fsp3) is 0.562. The van der Waals surface area contributed by atoms with E-state index in [9.17, 15) is 4.79 Å². The standard InChI is InChI=1S/C16H23ClO2/c1-3-12-19-15-11-7-10-14(16(15)17)9-6-4-5-8-13(2)18/h7,10-11H,3-6,8-9,12H2,1-2H3. The van der Waals surface area contributed by atoms with Crippen LogP contribution in [0.3, 0.4) is 0 Å². The van der Waals surface area contributed by atoms with Crippen molar-refractivity contribution >= 4 is 17.4 Å². The molecule has 0 saturated carbocycles. The molecule has 0 heterocycles. The monoisotopic (exact) mass is 282 g/mol. The molecule has 0 radical (unpaired) electrons. The van der Waals surface area contributed by atoms with E-state index in [2.05, 4.69) is 6.92 Å². The van der Waals surface area contributed by atoms with Crippen molar-refractivity contribution in [2.24, 2.45) is 0 Å². The predicted molar refractivity (Wildman–Crippen MR) is 80.1 cm³/mol. The van der Waals surface area contributed by atoms with Crippen LogP contribution in [-0.4, -0.2) is 12.4 Å². The first-order chi connectivity index (χ1) is 9.15. The van der Waals surface area contributed by atoms with Crippen LogP contribution in [0.2, 0.25) is 5.02 Å². The van der Waals surface area contributed by atoms with Gasteiger partial charge in [-0.25, -0.2) is 0 Å². The SMILES string of the molecule is CCCOc1cccc(CCCCCC(C)=O)c1Cl. The lowest BCUT2D eigenvalue weighted by molar-refractivity contribution is -0.117. The van der Waals surface area contributed by atoms with Crippen molar-refractivity contribution in [1.82, 2.24) is 0 Å². The first-order valence-corrected chi connectivity index (χ1v) is 7.42. The van der Waals surface area contributed by atoms with E-state index in [0.717, 1.165) is 48.4 Å². The third-order valence-corrected chi connectivity index (χ3v) is 3.41. The second-order valence-corrected chi connectivity index (χ2v) is 5.22. The second kappa shape index (κ2) is 8.98. The third kappa shape index (κ3) is 6.11. The Balaban J connectivity index is 2.42. The lowest BCUT2D eigenvalue weighted by Crippen LogP contribution is -1.97. The molecule has 0 N–H and O–H groups in total. The number of benzene rings is 1. The second-order valence-electron chi connectivity index (χ2n) is 4.84. The molecular weight excluding hydrogens is 260 g/mol. The van der Waals surface area contributed by atoms with Crippen molar-refractivity contribution in [3.8, 4) is 5.75 Å². The van der Waals surface area contributed by atoms with E-state index < -0.39 is 0 Å². The average molecular weight is 283 g/mol. The molecule has 0 unspecified atom stereocenters. The van der Waals surface area contributed by atoms with Crippen LogP contribution < -0.4 is 4.74 Å². The van der Waals surface area contributed by atoms with Crippen LogP contribution in [-0.2, 0) is 11.2 Å². The molecule has 2 nitrogen and oxygen atoms in total. The number of aryl methyl sites for hydroxylation is 1. The molecule has 19 heavy (non-hydrogen) atoms. The van der Waals surface area contributed by atoms with E-state index in [0.29, 0.717) is 13.0 Å². The highest BCUT2D eigenvalue weighted by Gasteiger charge is 2.06. The number of carbonyl (C=O) groups excluding carboxylic acids is 1. The van der Waals surface area contributed by atoms with Gasteiger partial charge < -0.3 is 9.53 Å². The summed E-state index contributed by atoms with van der Waals surface area (Å²) >= 11 is 6.33. The number of Topliss-reactive ketones (excluding diaryl/α,β-unsaturated/α-hetero) is 1. The number of rotatable bonds is 9. The van der Waals surface area contributed by atoms with Gasteiger partial charge in [0.05, 0.1) is 11.6 Å². The zero-order chi connectivity index (χ0) is 14.1. The van der Waals surface area contributed by atoms with E-state index in [1.165, 1.54) is 0 Å². The molecule has 1 rings (SSSR count). The summed E-state index contributed by atoms with van der Waals surface area (Å²) in [6.45, 7) is 4.42. The van der Waals surface area contributed by atoms with Crippen LogP contribution >= 0.6 is 11.6 Å². The fourth-order valence-electron chi connectivity index (χ4n) is 1.94. The minimum absolute atomic E-state index is 0.271. The Kier molecular flexibility index (Phi) is 7.57. The molecule has 1 aromatic carbocycles. The summed E-state index contributed by atoms with van der Waals surface area (Å²) in [5.74, 6) is 1.05. The molecule has 0 fully saturated rings. The van der Waals surface area contributed by atoms with Crippen molar-refractivity contribution in [3.05, 3.63) is 28.8 Å². The van der Waals surface area contributed by atoms with Gasteiger partial charge in [0, 0.05) is 6.42 Å². The average Bonchev–Trinajstić information content (AvgIpc) is 2.38. The van der Waals surface area contributed by atoms with Crippen molar-refractivity contribution in [2.45, 2.75) is 52.4 Å². The first-order valence-electron chi connectivity index (χ1n) is 7.04. The minimum atomic E-state index is 0.271. The van der Waals surface area contributed by atoms with E-state index in [4.69, 9.17) is 16.3 Å². The number of ether oxygens (including phenoxy) is 1. The van der Waals surface area contributed by atoms with Crippen LogP contribution in [0.1, 0.15) is 51.5 Å². The molecule has 106 valence electrons. The number of unbranched alkanes of at least 4 members (excludes halogenated alkanes) is 2. The molecule has 3 heteroatoms. The molecule has 0 aromatic heterocycles. The summed E-state index contributed by atoms with van der Waals surface area (Å²) in [6, 6.07) is 5.95. The maximum Gasteiger partial charge on any atom is 0.138 e. The number of ketones is 1. The van der Waals surface area contributed by atoms with Crippen LogP contribution in [0.15, 0.2) is 18.2 Å². The van der Waals surface area contributed by atoms with Gasteiger partial charge in [-0.2, -0.15) is 0 Å². The predicted octanol–water partition coefficient (Wildman–Crippen LogP) is 4.82. The molecular formula is C16H23ClO2. The largest absolute Gasteiger partial charge is 0.492 e. The lowest BCUT2D eigenvalue weighted by atomic mass is 10.1. The number of halogens is 1. The summed E-state index contributed by atoms with van der Waals surface area (Å²) in [5, 5.41) is 0.738. The first kappa shape index (κ1) is 16.0. The smallest absolute Gasteiger partial charge is 0.138 e. The van der Waals surface area contributed by atoms with Crippen LogP contribution in [0, 0.1) is 0 Å². The Morgan fingerprint density at radius 3 is 2.74 bits per heavy atom. The summed E-state index contributed by atoms with van der Waals surface area (Å²) in [4.78, 5) is 10.8. The molecule has 0 aliphatic rings. The van der Waals surface area contributed by atoms with Gasteiger partial charge in [-0.3, -0.25) is 0 Å². The summed E-state index contributed by atoms with van der Waals surface area (Å²) in [5.41, 5.74) is 1.14. The van der Waals surface area contributed by atoms with Gasteiger partial charge in [0.2, 0.25) is 0 Å². The highest BCUT2D eigenvalue weighted by atomic mass is 35.5. The van der Waals surface area contributed by atoms with Gasteiger partial charge in [0.1, 0.15) is 11.5 Å². The number of hydrogen-bond acceptors (Lipinski definition) is 2. The maximum absolute atomic E-state index is 10.8. The van der Waals surface area contributed by atoms with Crippen LogP contribution in [0.5, 0.6) is 5.75 Å². The molecule has 0 atom stereocenters. The quantitative estimate of drug-likeness (QED) is 0.607. The molecule has 0 bridgehead atoms.